The van der Waals surface area contributed by atoms with Gasteiger partial charge in [-0.25, -0.2) is 0 Å². The molecule has 102 valence electrons. The molecule has 0 bridgehead atoms. The van der Waals surface area contributed by atoms with Gasteiger partial charge >= 0.3 is 0 Å². The maximum absolute atomic E-state index is 3.53. The van der Waals surface area contributed by atoms with Gasteiger partial charge in [0.1, 0.15) is 0 Å². The Balaban J connectivity index is 1.93. The number of nitrogens with zero attached hydrogens (tertiary/aromatic N) is 1. The number of unbranched alkanes of at least 4 members (excludes halogenated alkanes) is 1. The fourth-order valence-corrected chi connectivity index (χ4v) is 2.25. The highest BCUT2D eigenvalue weighted by Gasteiger charge is 2.23. The molecule has 1 aliphatic carbocycles. The fourth-order valence-electron chi connectivity index (χ4n) is 2.25. The summed E-state index contributed by atoms with van der Waals surface area (Å²) >= 11 is 0. The first-order valence-electron chi connectivity index (χ1n) is 7.65. The SMILES string of the molecule is CCCN(CCCCNCC(C)C)CC1CC1. The highest BCUT2D eigenvalue weighted by atomic mass is 15.1. The topological polar surface area (TPSA) is 15.3 Å². The molecule has 1 N–H and O–H groups in total. The van der Waals surface area contributed by atoms with E-state index in [0.717, 1.165) is 11.8 Å². The molecule has 0 aromatic carbocycles. The third-order valence-electron chi connectivity index (χ3n) is 3.38. The van der Waals surface area contributed by atoms with Crippen LogP contribution in [0.3, 0.4) is 0 Å². The van der Waals surface area contributed by atoms with Crippen LogP contribution in [0.2, 0.25) is 0 Å². The zero-order valence-electron chi connectivity index (χ0n) is 12.2. The molecule has 1 saturated carbocycles. The Kier molecular flexibility index (Phi) is 7.87. The van der Waals surface area contributed by atoms with Crippen molar-refractivity contribution in [2.75, 3.05) is 32.7 Å². The van der Waals surface area contributed by atoms with E-state index >= 15 is 0 Å². The average Bonchev–Trinajstić information content (AvgIpc) is 3.06. The molecule has 2 heteroatoms. The molecule has 2 nitrogen and oxygen atoms in total. The van der Waals surface area contributed by atoms with E-state index in [1.54, 1.807) is 0 Å². The summed E-state index contributed by atoms with van der Waals surface area (Å²) in [5.41, 5.74) is 0. The highest BCUT2D eigenvalue weighted by molar-refractivity contribution is 4.77. The lowest BCUT2D eigenvalue weighted by Crippen LogP contribution is -2.29. The van der Waals surface area contributed by atoms with Gasteiger partial charge in [0.2, 0.25) is 0 Å². The van der Waals surface area contributed by atoms with Crippen LogP contribution in [-0.2, 0) is 0 Å². The Morgan fingerprint density at radius 2 is 1.94 bits per heavy atom. The summed E-state index contributed by atoms with van der Waals surface area (Å²) in [5.74, 6) is 1.82. The predicted molar refractivity (Wildman–Crippen MR) is 76.4 cm³/mol. The highest BCUT2D eigenvalue weighted by Crippen LogP contribution is 2.29. The van der Waals surface area contributed by atoms with Crippen molar-refractivity contribution in [3.63, 3.8) is 0 Å². The van der Waals surface area contributed by atoms with Gasteiger partial charge in [-0.05, 0) is 70.1 Å². The first kappa shape index (κ1) is 15.0. The standard InChI is InChI=1S/C15H32N2/c1-4-10-17(13-15-7-8-15)11-6-5-9-16-12-14(2)3/h14-16H,4-13H2,1-3H3. The fraction of sp³-hybridized carbons (Fsp3) is 1.00. The van der Waals surface area contributed by atoms with Gasteiger partial charge in [-0.15, -0.1) is 0 Å². The van der Waals surface area contributed by atoms with Gasteiger partial charge in [-0.1, -0.05) is 20.8 Å². The van der Waals surface area contributed by atoms with Crippen molar-refractivity contribution in [1.29, 1.82) is 0 Å². The molecule has 0 radical (unpaired) electrons. The average molecular weight is 240 g/mol. The minimum atomic E-state index is 0.779. The van der Waals surface area contributed by atoms with E-state index in [1.807, 2.05) is 0 Å². The van der Waals surface area contributed by atoms with Crippen LogP contribution in [0.15, 0.2) is 0 Å². The molecule has 0 unspecified atom stereocenters. The normalized spacial score (nSPS) is 16.1. The van der Waals surface area contributed by atoms with Crippen LogP contribution in [0.5, 0.6) is 0 Å². The van der Waals surface area contributed by atoms with Gasteiger partial charge in [0.25, 0.3) is 0 Å². The van der Waals surface area contributed by atoms with Crippen molar-refractivity contribution in [2.45, 2.75) is 52.9 Å². The van der Waals surface area contributed by atoms with E-state index in [9.17, 15) is 0 Å². The third-order valence-corrected chi connectivity index (χ3v) is 3.38. The minimum absolute atomic E-state index is 0.779. The molecular formula is C15H32N2. The van der Waals surface area contributed by atoms with Crippen molar-refractivity contribution in [3.05, 3.63) is 0 Å². The largest absolute Gasteiger partial charge is 0.316 e. The summed E-state index contributed by atoms with van der Waals surface area (Å²) in [6, 6.07) is 0. The van der Waals surface area contributed by atoms with E-state index in [-0.39, 0.29) is 0 Å². The van der Waals surface area contributed by atoms with E-state index in [1.165, 1.54) is 64.8 Å². The smallest absolute Gasteiger partial charge is 0.000966 e. The van der Waals surface area contributed by atoms with E-state index in [2.05, 4.69) is 31.0 Å². The number of hydrogen-bond acceptors (Lipinski definition) is 2. The molecule has 1 fully saturated rings. The first-order valence-corrected chi connectivity index (χ1v) is 7.65. The second-order valence-corrected chi connectivity index (χ2v) is 6.05. The third kappa shape index (κ3) is 8.62. The van der Waals surface area contributed by atoms with Crippen molar-refractivity contribution in [2.24, 2.45) is 11.8 Å². The Morgan fingerprint density at radius 3 is 2.53 bits per heavy atom. The van der Waals surface area contributed by atoms with Crippen molar-refractivity contribution < 1.29 is 0 Å². The molecule has 1 aliphatic rings. The Morgan fingerprint density at radius 1 is 1.18 bits per heavy atom. The van der Waals surface area contributed by atoms with Crippen molar-refractivity contribution in [3.8, 4) is 0 Å². The van der Waals surface area contributed by atoms with Crippen LogP contribution in [0.25, 0.3) is 0 Å². The van der Waals surface area contributed by atoms with Gasteiger partial charge < -0.3 is 10.2 Å². The molecule has 17 heavy (non-hydrogen) atoms. The molecule has 0 aromatic rings. The van der Waals surface area contributed by atoms with Crippen molar-refractivity contribution >= 4 is 0 Å². The summed E-state index contributed by atoms with van der Waals surface area (Å²) < 4.78 is 0. The molecule has 0 atom stereocenters. The van der Waals surface area contributed by atoms with Gasteiger partial charge in [0.15, 0.2) is 0 Å². The Labute approximate surface area is 108 Å². The van der Waals surface area contributed by atoms with Crippen LogP contribution in [0.1, 0.15) is 52.9 Å². The second-order valence-electron chi connectivity index (χ2n) is 6.05. The van der Waals surface area contributed by atoms with E-state index < -0.39 is 0 Å². The van der Waals surface area contributed by atoms with Gasteiger partial charge in [0, 0.05) is 6.54 Å². The van der Waals surface area contributed by atoms with Gasteiger partial charge in [-0.3, -0.25) is 0 Å². The first-order chi connectivity index (χ1) is 8.22. The lowest BCUT2D eigenvalue weighted by Gasteiger charge is -2.21. The number of rotatable bonds is 11. The van der Waals surface area contributed by atoms with E-state index in [0.29, 0.717) is 0 Å². The molecule has 0 aliphatic heterocycles. The summed E-state index contributed by atoms with van der Waals surface area (Å²) in [7, 11) is 0. The number of hydrogen-bond donors (Lipinski definition) is 1. The zero-order valence-corrected chi connectivity index (χ0v) is 12.2. The van der Waals surface area contributed by atoms with Gasteiger partial charge in [0.05, 0.1) is 0 Å². The van der Waals surface area contributed by atoms with Crippen LogP contribution >= 0.6 is 0 Å². The summed E-state index contributed by atoms with van der Waals surface area (Å²) in [6.07, 6.45) is 6.96. The Bertz CT molecular complexity index is 176. The Hall–Kier alpha value is -0.0800. The molecule has 1 rings (SSSR count). The second kappa shape index (κ2) is 8.93. The molecule has 0 aromatic heterocycles. The summed E-state index contributed by atoms with van der Waals surface area (Å²) in [6.45, 7) is 13.2. The quantitative estimate of drug-likeness (QED) is 0.558. The molecular weight excluding hydrogens is 208 g/mol. The van der Waals surface area contributed by atoms with Crippen LogP contribution in [0, 0.1) is 11.8 Å². The maximum Gasteiger partial charge on any atom is 0.000966 e. The van der Waals surface area contributed by atoms with Crippen LogP contribution < -0.4 is 5.32 Å². The van der Waals surface area contributed by atoms with E-state index in [4.69, 9.17) is 0 Å². The van der Waals surface area contributed by atoms with Crippen LogP contribution in [0.4, 0.5) is 0 Å². The zero-order chi connectivity index (χ0) is 12.5. The summed E-state index contributed by atoms with van der Waals surface area (Å²) in [5, 5.41) is 3.53. The minimum Gasteiger partial charge on any atom is -0.316 e. The molecule has 0 saturated heterocycles. The summed E-state index contributed by atoms with van der Waals surface area (Å²) in [4.78, 5) is 2.68. The molecule has 0 amide bonds. The monoisotopic (exact) mass is 240 g/mol. The molecule has 0 spiro atoms. The van der Waals surface area contributed by atoms with Gasteiger partial charge in [-0.2, -0.15) is 0 Å². The predicted octanol–water partition coefficient (Wildman–Crippen LogP) is 3.13. The molecule has 0 heterocycles. The van der Waals surface area contributed by atoms with Crippen molar-refractivity contribution in [1.82, 2.24) is 10.2 Å². The number of nitrogens with one attached hydrogen (secondary N) is 1. The van der Waals surface area contributed by atoms with Crippen LogP contribution in [-0.4, -0.2) is 37.6 Å². The lowest BCUT2D eigenvalue weighted by molar-refractivity contribution is 0.257. The lowest BCUT2D eigenvalue weighted by atomic mass is 10.2. The maximum atomic E-state index is 3.53.